The first-order valence-corrected chi connectivity index (χ1v) is 12.7. The number of hydrogen-bond acceptors (Lipinski definition) is 0. The fourth-order valence-electron chi connectivity index (χ4n) is 7.59. The number of hydrogen-bond donors (Lipinski definition) is 0. The summed E-state index contributed by atoms with van der Waals surface area (Å²) in [5.74, 6) is 4.11. The molecule has 0 heteroatoms. The summed E-state index contributed by atoms with van der Waals surface area (Å²) in [5.41, 5.74) is 9.78. The molecule has 4 atom stereocenters. The standard InChI is InChI=1S/C30H36/c1-2-20-17-25-19-24(27-12-6-8-21-7-3-4-11-26(21)27)15-16-28(25)29(18-20)30-22-9-5-10-23(30)14-13-22/h3-4,7,11,15-16,18-20,22-23,27,30H,2,5-6,8-10,12-14,17H2,1H3/t20?,22?,23?,27-,30?/m0/s1. The van der Waals surface area contributed by atoms with Crippen LogP contribution in [-0.2, 0) is 12.8 Å². The van der Waals surface area contributed by atoms with Crippen molar-refractivity contribution >= 4 is 5.57 Å². The van der Waals surface area contributed by atoms with Crippen molar-refractivity contribution in [1.82, 2.24) is 0 Å². The molecule has 30 heavy (non-hydrogen) atoms. The summed E-state index contributed by atoms with van der Waals surface area (Å²) in [6.07, 6.45) is 16.5. The molecule has 156 valence electrons. The van der Waals surface area contributed by atoms with Crippen LogP contribution in [0.4, 0.5) is 0 Å². The second kappa shape index (κ2) is 7.70. The maximum absolute atomic E-state index is 2.72. The third kappa shape index (κ3) is 3.10. The lowest BCUT2D eigenvalue weighted by atomic mass is 9.68. The molecule has 4 aliphatic rings. The van der Waals surface area contributed by atoms with Gasteiger partial charge in [-0.05, 0) is 115 Å². The monoisotopic (exact) mass is 396 g/mol. The second-order valence-corrected chi connectivity index (χ2v) is 10.6. The molecule has 2 saturated carbocycles. The van der Waals surface area contributed by atoms with Crippen molar-refractivity contribution < 1.29 is 0 Å². The van der Waals surface area contributed by atoms with E-state index in [1.165, 1.54) is 64.2 Å². The predicted molar refractivity (Wildman–Crippen MR) is 127 cm³/mol. The molecule has 0 nitrogen and oxygen atoms in total. The molecule has 4 aliphatic carbocycles. The quantitative estimate of drug-likeness (QED) is 0.494. The molecule has 0 saturated heterocycles. The highest BCUT2D eigenvalue weighted by Gasteiger charge is 2.42. The van der Waals surface area contributed by atoms with Crippen molar-refractivity contribution in [2.24, 2.45) is 23.7 Å². The molecular weight excluding hydrogens is 360 g/mol. The largest absolute Gasteiger partial charge is 0.0770 e. The van der Waals surface area contributed by atoms with E-state index in [-0.39, 0.29) is 0 Å². The van der Waals surface area contributed by atoms with Crippen molar-refractivity contribution in [2.45, 2.75) is 77.0 Å². The number of benzene rings is 2. The fraction of sp³-hybridized carbons (Fsp3) is 0.533. The Bertz CT molecular complexity index is 948. The predicted octanol–water partition coefficient (Wildman–Crippen LogP) is 7.95. The molecule has 2 fully saturated rings. The van der Waals surface area contributed by atoms with Crippen molar-refractivity contribution in [3.63, 3.8) is 0 Å². The van der Waals surface area contributed by atoms with Crippen molar-refractivity contribution in [2.75, 3.05) is 0 Å². The number of rotatable bonds is 3. The smallest absolute Gasteiger partial charge is 0.00922 e. The first-order valence-electron chi connectivity index (χ1n) is 12.7. The molecule has 3 unspecified atom stereocenters. The Hall–Kier alpha value is -1.82. The summed E-state index contributed by atoms with van der Waals surface area (Å²) < 4.78 is 0. The Morgan fingerprint density at radius 2 is 1.67 bits per heavy atom. The van der Waals surface area contributed by atoms with Crippen LogP contribution in [0.3, 0.4) is 0 Å². The molecule has 0 spiro atoms. The lowest BCUT2D eigenvalue weighted by molar-refractivity contribution is 0.286. The van der Waals surface area contributed by atoms with Gasteiger partial charge in [0, 0.05) is 5.92 Å². The van der Waals surface area contributed by atoms with Crippen LogP contribution in [0.25, 0.3) is 5.57 Å². The Balaban J connectivity index is 1.39. The van der Waals surface area contributed by atoms with Gasteiger partial charge in [-0.1, -0.05) is 61.9 Å². The molecule has 0 aromatic heterocycles. The van der Waals surface area contributed by atoms with Gasteiger partial charge in [0.1, 0.15) is 0 Å². The summed E-state index contributed by atoms with van der Waals surface area (Å²) in [6, 6.07) is 16.9. The molecule has 2 bridgehead atoms. The Kier molecular flexibility index (Phi) is 4.85. The summed E-state index contributed by atoms with van der Waals surface area (Å²) >= 11 is 0. The molecule has 6 rings (SSSR count). The van der Waals surface area contributed by atoms with E-state index in [4.69, 9.17) is 0 Å². The second-order valence-electron chi connectivity index (χ2n) is 10.6. The molecule has 0 aliphatic heterocycles. The molecule has 0 N–H and O–H groups in total. The SMILES string of the molecule is CCC1C=C(C2C3CCCC2CC3)c2ccc([C@@H]3CCCc4ccccc43)cc2C1. The van der Waals surface area contributed by atoms with Gasteiger partial charge >= 0.3 is 0 Å². The van der Waals surface area contributed by atoms with Crippen LogP contribution in [0.1, 0.15) is 92.0 Å². The maximum Gasteiger partial charge on any atom is 0.00922 e. The zero-order valence-electron chi connectivity index (χ0n) is 18.6. The van der Waals surface area contributed by atoms with Gasteiger partial charge in [-0.25, -0.2) is 0 Å². The van der Waals surface area contributed by atoms with Crippen molar-refractivity contribution in [1.29, 1.82) is 0 Å². The molecule has 2 aromatic rings. The highest BCUT2D eigenvalue weighted by Crippen LogP contribution is 2.54. The molecular formula is C30H36. The molecule has 2 aromatic carbocycles. The minimum Gasteiger partial charge on any atom is -0.0770 e. The number of fused-ring (bicyclic) bond motifs is 4. The van der Waals surface area contributed by atoms with Gasteiger partial charge in [-0.15, -0.1) is 0 Å². The highest BCUT2D eigenvalue weighted by molar-refractivity contribution is 5.73. The Morgan fingerprint density at radius 3 is 2.50 bits per heavy atom. The van der Waals surface area contributed by atoms with Gasteiger partial charge in [0.05, 0.1) is 0 Å². The van der Waals surface area contributed by atoms with E-state index >= 15 is 0 Å². The van der Waals surface area contributed by atoms with E-state index < -0.39 is 0 Å². The van der Waals surface area contributed by atoms with Crippen LogP contribution in [0.2, 0.25) is 0 Å². The summed E-state index contributed by atoms with van der Waals surface area (Å²) in [5, 5.41) is 0. The number of allylic oxidation sites excluding steroid dienone is 2. The lowest BCUT2D eigenvalue weighted by Gasteiger charge is -2.36. The molecule has 0 radical (unpaired) electrons. The Labute approximate surface area is 182 Å². The third-order valence-corrected chi connectivity index (χ3v) is 9.07. The van der Waals surface area contributed by atoms with Crippen molar-refractivity contribution in [3.8, 4) is 0 Å². The van der Waals surface area contributed by atoms with E-state index in [0.717, 1.165) is 23.7 Å². The normalized spacial score (nSPS) is 32.3. The minimum atomic E-state index is 0.598. The van der Waals surface area contributed by atoms with E-state index in [9.17, 15) is 0 Å². The maximum atomic E-state index is 2.72. The number of aryl methyl sites for hydroxylation is 1. The van der Waals surface area contributed by atoms with Crippen LogP contribution in [0, 0.1) is 23.7 Å². The van der Waals surface area contributed by atoms with Crippen LogP contribution in [-0.4, -0.2) is 0 Å². The van der Waals surface area contributed by atoms with Crippen LogP contribution < -0.4 is 0 Å². The van der Waals surface area contributed by atoms with E-state index in [1.807, 2.05) is 0 Å². The first kappa shape index (κ1) is 18.9. The van der Waals surface area contributed by atoms with Crippen LogP contribution in [0.15, 0.2) is 48.5 Å². The summed E-state index contributed by atoms with van der Waals surface area (Å²) in [6.45, 7) is 2.39. The first-order chi connectivity index (χ1) is 14.8. The summed E-state index contributed by atoms with van der Waals surface area (Å²) in [7, 11) is 0. The van der Waals surface area contributed by atoms with E-state index in [1.54, 1.807) is 33.4 Å². The topological polar surface area (TPSA) is 0 Å². The Morgan fingerprint density at radius 1 is 0.833 bits per heavy atom. The van der Waals surface area contributed by atoms with Gasteiger partial charge in [0.15, 0.2) is 0 Å². The van der Waals surface area contributed by atoms with Gasteiger partial charge in [-0.2, -0.15) is 0 Å². The average Bonchev–Trinajstić information content (AvgIpc) is 3.05. The van der Waals surface area contributed by atoms with E-state index in [0.29, 0.717) is 5.92 Å². The lowest BCUT2D eigenvalue weighted by Crippen LogP contribution is -2.25. The van der Waals surface area contributed by atoms with Crippen LogP contribution >= 0.6 is 0 Å². The molecule has 0 amide bonds. The minimum absolute atomic E-state index is 0.598. The summed E-state index contributed by atoms with van der Waals surface area (Å²) in [4.78, 5) is 0. The zero-order chi connectivity index (χ0) is 20.1. The highest BCUT2D eigenvalue weighted by atomic mass is 14.5. The van der Waals surface area contributed by atoms with Gasteiger partial charge in [0.25, 0.3) is 0 Å². The van der Waals surface area contributed by atoms with Gasteiger partial charge < -0.3 is 0 Å². The third-order valence-electron chi connectivity index (χ3n) is 9.07. The van der Waals surface area contributed by atoms with Gasteiger partial charge in [-0.3, -0.25) is 0 Å². The van der Waals surface area contributed by atoms with Gasteiger partial charge in [0.2, 0.25) is 0 Å². The van der Waals surface area contributed by atoms with E-state index in [2.05, 4.69) is 55.5 Å². The fourth-order valence-corrected chi connectivity index (χ4v) is 7.59. The average molecular weight is 397 g/mol. The zero-order valence-corrected chi connectivity index (χ0v) is 18.6. The van der Waals surface area contributed by atoms with Crippen LogP contribution in [0.5, 0.6) is 0 Å². The van der Waals surface area contributed by atoms with Crippen molar-refractivity contribution in [3.05, 3.63) is 76.4 Å². The molecule has 0 heterocycles.